The lowest BCUT2D eigenvalue weighted by atomic mass is 10.2. The van der Waals surface area contributed by atoms with E-state index in [1.54, 1.807) is 23.1 Å². The van der Waals surface area contributed by atoms with E-state index in [1.165, 1.54) is 24.6 Å². The van der Waals surface area contributed by atoms with Gasteiger partial charge in [-0.1, -0.05) is 61.0 Å². The number of carbonyl (C=O) groups excluding carboxylic acids is 2. The molecule has 2 N–H and O–H groups in total. The highest BCUT2D eigenvalue weighted by molar-refractivity contribution is 8.03. The van der Waals surface area contributed by atoms with Crippen LogP contribution in [0.4, 0.5) is 4.79 Å². The van der Waals surface area contributed by atoms with Gasteiger partial charge in [-0.25, -0.2) is 4.79 Å². The predicted molar refractivity (Wildman–Crippen MR) is 99.8 cm³/mol. The summed E-state index contributed by atoms with van der Waals surface area (Å²) in [5.41, 5.74) is 0. The average Bonchev–Trinajstić information content (AvgIpc) is 3.19. The fraction of sp³-hybridized carbons (Fsp3) is 0.733. The van der Waals surface area contributed by atoms with Crippen LogP contribution in [0.5, 0.6) is 0 Å². The van der Waals surface area contributed by atoms with Gasteiger partial charge in [0.1, 0.15) is 0 Å². The summed E-state index contributed by atoms with van der Waals surface area (Å²) >= 11 is 4.80. The molecule has 1 fully saturated rings. The molecule has 0 spiro atoms. The number of amides is 3. The van der Waals surface area contributed by atoms with Crippen molar-refractivity contribution in [1.82, 2.24) is 20.8 Å². The van der Waals surface area contributed by atoms with Crippen LogP contribution < -0.4 is 10.6 Å². The minimum absolute atomic E-state index is 0.220. The number of nitrogens with one attached hydrogen (secondary N) is 2. The number of rotatable bonds is 9. The van der Waals surface area contributed by atoms with Crippen molar-refractivity contribution in [3.63, 3.8) is 0 Å². The third-order valence-electron chi connectivity index (χ3n) is 3.61. The van der Waals surface area contributed by atoms with E-state index in [9.17, 15) is 9.59 Å². The Labute approximate surface area is 155 Å². The molecule has 0 unspecified atom stereocenters. The van der Waals surface area contributed by atoms with Crippen LogP contribution in [-0.2, 0) is 4.79 Å². The summed E-state index contributed by atoms with van der Waals surface area (Å²) < 4.78 is 1.85. The molecule has 1 aliphatic rings. The smallest absolute Gasteiger partial charge is 0.321 e. The molecule has 24 heavy (non-hydrogen) atoms. The van der Waals surface area contributed by atoms with Gasteiger partial charge in [0.15, 0.2) is 8.68 Å². The summed E-state index contributed by atoms with van der Waals surface area (Å²) in [5, 5.41) is 13.5. The zero-order valence-corrected chi connectivity index (χ0v) is 16.3. The van der Waals surface area contributed by atoms with Crippen molar-refractivity contribution in [1.29, 1.82) is 0 Å². The van der Waals surface area contributed by atoms with Crippen LogP contribution in [0.2, 0.25) is 0 Å². The van der Waals surface area contributed by atoms with Crippen LogP contribution in [0.15, 0.2) is 8.68 Å². The summed E-state index contributed by atoms with van der Waals surface area (Å²) in [4.78, 5) is 23.5. The van der Waals surface area contributed by atoms with Gasteiger partial charge in [-0.2, -0.15) is 0 Å². The molecule has 2 rings (SSSR count). The number of nitrogens with zero attached hydrogens (tertiary/aromatic N) is 2. The highest BCUT2D eigenvalue weighted by Crippen LogP contribution is 2.29. The van der Waals surface area contributed by atoms with E-state index in [4.69, 9.17) is 0 Å². The maximum atomic E-state index is 11.8. The number of aromatic nitrogens is 2. The Morgan fingerprint density at radius 2 is 1.83 bits per heavy atom. The van der Waals surface area contributed by atoms with E-state index >= 15 is 0 Å². The largest absolute Gasteiger partial charge is 0.335 e. The summed E-state index contributed by atoms with van der Waals surface area (Å²) in [6.07, 6.45) is 6.96. The van der Waals surface area contributed by atoms with Crippen LogP contribution in [0.25, 0.3) is 0 Å². The Morgan fingerprint density at radius 3 is 2.50 bits per heavy atom. The first-order valence-corrected chi connectivity index (χ1v) is 11.2. The van der Waals surface area contributed by atoms with Crippen molar-refractivity contribution in [3.05, 3.63) is 0 Å². The second kappa shape index (κ2) is 10.9. The van der Waals surface area contributed by atoms with E-state index in [0.717, 1.165) is 40.1 Å². The van der Waals surface area contributed by atoms with Gasteiger partial charge in [-0.15, -0.1) is 10.2 Å². The monoisotopic (exact) mass is 388 g/mol. The van der Waals surface area contributed by atoms with Gasteiger partial charge in [0.05, 0.1) is 0 Å². The van der Waals surface area contributed by atoms with Crippen LogP contribution in [0.3, 0.4) is 0 Å². The predicted octanol–water partition coefficient (Wildman–Crippen LogP) is 3.68. The molecule has 1 heterocycles. The summed E-state index contributed by atoms with van der Waals surface area (Å²) in [5.74, 6) is 1.41. The normalized spacial score (nSPS) is 14.7. The minimum Gasteiger partial charge on any atom is -0.335 e. The first-order valence-electron chi connectivity index (χ1n) is 8.37. The van der Waals surface area contributed by atoms with E-state index in [0.29, 0.717) is 12.2 Å². The van der Waals surface area contributed by atoms with Crippen molar-refractivity contribution in [2.75, 3.05) is 11.5 Å². The van der Waals surface area contributed by atoms with Crippen molar-refractivity contribution in [2.24, 2.45) is 0 Å². The third kappa shape index (κ3) is 7.40. The SMILES string of the molecule is CCCCSc1nnc(SCCC(=O)NC(=O)NC2CCCC2)s1. The van der Waals surface area contributed by atoms with Crippen LogP contribution in [0.1, 0.15) is 51.9 Å². The Morgan fingerprint density at radius 1 is 1.17 bits per heavy atom. The fourth-order valence-corrected chi connectivity index (χ4v) is 5.51. The quantitative estimate of drug-likeness (QED) is 0.496. The molecule has 1 aromatic rings. The Balaban J connectivity index is 1.59. The second-order valence-electron chi connectivity index (χ2n) is 5.64. The number of unbranched alkanes of at least 4 members (excludes halogenated alkanes) is 1. The van der Waals surface area contributed by atoms with Crippen molar-refractivity contribution in [2.45, 2.75) is 66.6 Å². The number of carbonyl (C=O) groups is 2. The number of imide groups is 1. The zero-order valence-electron chi connectivity index (χ0n) is 13.9. The van der Waals surface area contributed by atoms with E-state index < -0.39 is 0 Å². The van der Waals surface area contributed by atoms with Gasteiger partial charge in [0.25, 0.3) is 0 Å². The van der Waals surface area contributed by atoms with E-state index in [1.807, 2.05) is 0 Å². The Hall–Kier alpha value is -0.800. The summed E-state index contributed by atoms with van der Waals surface area (Å²) in [7, 11) is 0. The van der Waals surface area contributed by atoms with Gasteiger partial charge < -0.3 is 5.32 Å². The Bertz CT molecular complexity index is 533. The highest BCUT2D eigenvalue weighted by atomic mass is 32.2. The molecular formula is C15H24N4O2S3. The van der Waals surface area contributed by atoms with E-state index in [2.05, 4.69) is 27.8 Å². The minimum atomic E-state index is -0.373. The molecule has 1 aromatic heterocycles. The van der Waals surface area contributed by atoms with Crippen molar-refractivity contribution in [3.8, 4) is 0 Å². The molecular weight excluding hydrogens is 364 g/mol. The first kappa shape index (κ1) is 19.5. The van der Waals surface area contributed by atoms with Crippen molar-refractivity contribution < 1.29 is 9.59 Å². The summed E-state index contributed by atoms with van der Waals surface area (Å²) in [6, 6.07) is -0.153. The van der Waals surface area contributed by atoms with Gasteiger partial charge in [-0.3, -0.25) is 10.1 Å². The molecule has 134 valence electrons. The van der Waals surface area contributed by atoms with Crippen molar-refractivity contribution >= 4 is 46.8 Å². The van der Waals surface area contributed by atoms with Crippen LogP contribution in [-0.4, -0.2) is 39.7 Å². The number of urea groups is 1. The summed E-state index contributed by atoms with van der Waals surface area (Å²) in [6.45, 7) is 2.17. The maximum absolute atomic E-state index is 11.8. The molecule has 0 radical (unpaired) electrons. The Kier molecular flexibility index (Phi) is 8.90. The topological polar surface area (TPSA) is 84.0 Å². The molecule has 0 aliphatic heterocycles. The van der Waals surface area contributed by atoms with E-state index in [-0.39, 0.29) is 18.0 Å². The lowest BCUT2D eigenvalue weighted by Gasteiger charge is -2.11. The molecule has 0 aromatic carbocycles. The number of hydrogen-bond acceptors (Lipinski definition) is 7. The van der Waals surface area contributed by atoms with Gasteiger partial charge >= 0.3 is 6.03 Å². The lowest BCUT2D eigenvalue weighted by molar-refractivity contribution is -0.119. The second-order valence-corrected chi connectivity index (χ2v) is 9.30. The molecule has 3 amide bonds. The first-order chi connectivity index (χ1) is 11.7. The molecule has 1 aliphatic carbocycles. The van der Waals surface area contributed by atoms with Gasteiger partial charge in [0.2, 0.25) is 5.91 Å². The van der Waals surface area contributed by atoms with Crippen LogP contribution >= 0.6 is 34.9 Å². The van der Waals surface area contributed by atoms with Gasteiger partial charge in [-0.05, 0) is 19.3 Å². The lowest BCUT2D eigenvalue weighted by Crippen LogP contribution is -2.43. The molecule has 0 saturated heterocycles. The molecule has 9 heteroatoms. The maximum Gasteiger partial charge on any atom is 0.321 e. The number of hydrogen-bond donors (Lipinski definition) is 2. The standard InChI is InChI=1S/C15H24N4O2S3/c1-2-3-9-22-14-18-19-15(24-14)23-10-8-12(20)17-13(21)16-11-6-4-5-7-11/h11H,2-10H2,1H3,(H2,16,17,20,21). The fourth-order valence-electron chi connectivity index (χ4n) is 2.33. The molecule has 0 atom stereocenters. The average molecular weight is 389 g/mol. The van der Waals surface area contributed by atoms with Gasteiger partial charge in [0, 0.05) is 24.0 Å². The third-order valence-corrected chi connectivity index (χ3v) is 6.89. The van der Waals surface area contributed by atoms with Crippen LogP contribution in [0, 0.1) is 0 Å². The molecule has 1 saturated carbocycles. The molecule has 0 bridgehead atoms. The zero-order chi connectivity index (χ0) is 17.2. The number of thioether (sulfide) groups is 2. The highest BCUT2D eigenvalue weighted by Gasteiger charge is 2.18. The molecule has 6 nitrogen and oxygen atoms in total.